The molecule has 2 aromatic rings. The Kier molecular flexibility index (Phi) is 5.33. The zero-order chi connectivity index (χ0) is 17.1. The Bertz CT molecular complexity index is 695. The van der Waals surface area contributed by atoms with Crippen LogP contribution in [0, 0.1) is 11.8 Å². The number of carbonyl (C=O) groups is 1. The van der Waals surface area contributed by atoms with E-state index in [1.54, 1.807) is 0 Å². The van der Waals surface area contributed by atoms with Crippen molar-refractivity contribution < 1.29 is 9.32 Å². The molecule has 0 unspecified atom stereocenters. The maximum absolute atomic E-state index is 12.3. The van der Waals surface area contributed by atoms with Gasteiger partial charge in [-0.1, -0.05) is 47.8 Å². The van der Waals surface area contributed by atoms with Crippen molar-refractivity contribution in [2.75, 3.05) is 0 Å². The quantitative estimate of drug-likeness (QED) is 0.786. The molecule has 2 atom stereocenters. The molecule has 1 aromatic heterocycles. The smallest absolute Gasteiger partial charge is 0.249 e. The monoisotopic (exact) mass is 391 g/mol. The Labute approximate surface area is 150 Å². The summed E-state index contributed by atoms with van der Waals surface area (Å²) in [7, 11) is 0. The molecule has 5 nitrogen and oxygen atoms in total. The highest BCUT2D eigenvalue weighted by molar-refractivity contribution is 9.10. The van der Waals surface area contributed by atoms with Crippen molar-refractivity contribution in [1.82, 2.24) is 15.5 Å². The van der Waals surface area contributed by atoms with Crippen LogP contribution in [-0.4, -0.2) is 16.0 Å². The minimum Gasteiger partial charge on any atom is -0.344 e. The van der Waals surface area contributed by atoms with Crippen LogP contribution in [0.15, 0.2) is 33.3 Å². The lowest BCUT2D eigenvalue weighted by Crippen LogP contribution is -2.39. The number of carbonyl (C=O) groups excluding carboxylic acids is 1. The highest BCUT2D eigenvalue weighted by Gasteiger charge is 2.31. The van der Waals surface area contributed by atoms with Gasteiger partial charge in [0.15, 0.2) is 0 Å². The molecule has 0 radical (unpaired) electrons. The maximum Gasteiger partial charge on any atom is 0.249 e. The van der Waals surface area contributed by atoms with Gasteiger partial charge in [-0.25, -0.2) is 0 Å². The van der Waals surface area contributed by atoms with Crippen molar-refractivity contribution >= 4 is 21.8 Å². The van der Waals surface area contributed by atoms with Crippen LogP contribution in [0.5, 0.6) is 0 Å². The number of nitrogens with zero attached hydrogens (tertiary/aromatic N) is 2. The summed E-state index contributed by atoms with van der Waals surface area (Å²) in [6.07, 6.45) is 4.02. The molecule has 24 heavy (non-hydrogen) atoms. The fourth-order valence-electron chi connectivity index (χ4n) is 2.70. The van der Waals surface area contributed by atoms with E-state index in [-0.39, 0.29) is 23.8 Å². The van der Waals surface area contributed by atoms with Crippen LogP contribution >= 0.6 is 15.9 Å². The molecule has 1 amide bonds. The summed E-state index contributed by atoms with van der Waals surface area (Å²) in [5, 5.41) is 7.20. The second kappa shape index (κ2) is 7.47. The third-order valence-corrected chi connectivity index (χ3v) is 5.33. The predicted octanol–water partition coefficient (Wildman–Crippen LogP) is 4.50. The Hall–Kier alpha value is -1.69. The van der Waals surface area contributed by atoms with Gasteiger partial charge in [-0.2, -0.15) is 4.98 Å². The standard InChI is InChI=1S/C18H22BrN3O2/c1-3-11(2)15(20-17(23)13-5-4-6-13)18-21-16(22-24-18)12-7-9-14(19)10-8-12/h7-11,13,15H,3-6H2,1-2H3,(H,20,23)/t11-,15-/m1/s1. The third kappa shape index (κ3) is 3.69. The van der Waals surface area contributed by atoms with Crippen molar-refractivity contribution in [3.05, 3.63) is 34.6 Å². The van der Waals surface area contributed by atoms with Crippen molar-refractivity contribution in [3.8, 4) is 11.4 Å². The molecule has 1 heterocycles. The van der Waals surface area contributed by atoms with Crippen LogP contribution in [0.2, 0.25) is 0 Å². The molecule has 0 saturated heterocycles. The van der Waals surface area contributed by atoms with E-state index >= 15 is 0 Å². The van der Waals surface area contributed by atoms with Gasteiger partial charge in [0.2, 0.25) is 17.6 Å². The zero-order valence-electron chi connectivity index (χ0n) is 14.0. The van der Waals surface area contributed by atoms with Gasteiger partial charge in [-0.05, 0) is 43.0 Å². The zero-order valence-corrected chi connectivity index (χ0v) is 15.5. The van der Waals surface area contributed by atoms with Crippen LogP contribution in [0.25, 0.3) is 11.4 Å². The predicted molar refractivity (Wildman–Crippen MR) is 95.1 cm³/mol. The minimum absolute atomic E-state index is 0.106. The van der Waals surface area contributed by atoms with E-state index in [9.17, 15) is 4.79 Å². The molecule has 0 bridgehead atoms. The average Bonchev–Trinajstić information content (AvgIpc) is 3.00. The summed E-state index contributed by atoms with van der Waals surface area (Å²) in [6.45, 7) is 4.19. The van der Waals surface area contributed by atoms with E-state index in [0.29, 0.717) is 11.7 Å². The number of nitrogens with one attached hydrogen (secondary N) is 1. The van der Waals surface area contributed by atoms with Gasteiger partial charge in [0.25, 0.3) is 0 Å². The summed E-state index contributed by atoms with van der Waals surface area (Å²) in [5.74, 6) is 1.51. The first kappa shape index (κ1) is 17.1. The van der Waals surface area contributed by atoms with Crippen molar-refractivity contribution in [2.45, 2.75) is 45.6 Å². The fourth-order valence-corrected chi connectivity index (χ4v) is 2.97. The van der Waals surface area contributed by atoms with Gasteiger partial charge in [0.05, 0.1) is 0 Å². The molecule has 3 rings (SSSR count). The summed E-state index contributed by atoms with van der Waals surface area (Å²) < 4.78 is 6.48. The van der Waals surface area contributed by atoms with E-state index < -0.39 is 0 Å². The number of amides is 1. The van der Waals surface area contributed by atoms with Crippen LogP contribution in [0.4, 0.5) is 0 Å². The summed E-state index contributed by atoms with van der Waals surface area (Å²) in [5.41, 5.74) is 0.890. The maximum atomic E-state index is 12.3. The van der Waals surface area contributed by atoms with Gasteiger partial charge < -0.3 is 9.84 Å². The largest absolute Gasteiger partial charge is 0.344 e. The fraction of sp³-hybridized carbons (Fsp3) is 0.500. The summed E-state index contributed by atoms with van der Waals surface area (Å²) in [6, 6.07) is 7.51. The van der Waals surface area contributed by atoms with E-state index in [0.717, 1.165) is 35.7 Å². The molecular weight excluding hydrogens is 370 g/mol. The van der Waals surface area contributed by atoms with E-state index in [2.05, 4.69) is 45.2 Å². The molecule has 0 aliphatic heterocycles. The molecule has 1 fully saturated rings. The van der Waals surface area contributed by atoms with Crippen LogP contribution in [0.1, 0.15) is 51.5 Å². The van der Waals surface area contributed by atoms with Crippen LogP contribution in [0.3, 0.4) is 0 Å². The highest BCUT2D eigenvalue weighted by atomic mass is 79.9. The van der Waals surface area contributed by atoms with Crippen molar-refractivity contribution in [2.24, 2.45) is 11.8 Å². The molecule has 6 heteroatoms. The Morgan fingerprint density at radius 1 is 1.38 bits per heavy atom. The van der Waals surface area contributed by atoms with Crippen molar-refractivity contribution in [1.29, 1.82) is 0 Å². The molecular formula is C18H22BrN3O2. The molecule has 1 aliphatic rings. The van der Waals surface area contributed by atoms with Gasteiger partial charge in [0.1, 0.15) is 6.04 Å². The number of hydrogen-bond acceptors (Lipinski definition) is 4. The second-order valence-electron chi connectivity index (χ2n) is 6.46. The van der Waals surface area contributed by atoms with E-state index in [1.807, 2.05) is 24.3 Å². The van der Waals surface area contributed by atoms with Crippen LogP contribution < -0.4 is 5.32 Å². The first-order chi connectivity index (χ1) is 11.6. The molecule has 1 aromatic carbocycles. The number of benzene rings is 1. The van der Waals surface area contributed by atoms with E-state index in [1.165, 1.54) is 0 Å². The lowest BCUT2D eigenvalue weighted by molar-refractivity contribution is -0.128. The first-order valence-corrected chi connectivity index (χ1v) is 9.27. The van der Waals surface area contributed by atoms with Crippen LogP contribution in [-0.2, 0) is 4.79 Å². The topological polar surface area (TPSA) is 68.0 Å². The van der Waals surface area contributed by atoms with Gasteiger partial charge in [-0.3, -0.25) is 4.79 Å². The Morgan fingerprint density at radius 3 is 2.67 bits per heavy atom. The lowest BCUT2D eigenvalue weighted by atomic mass is 9.84. The summed E-state index contributed by atoms with van der Waals surface area (Å²) >= 11 is 3.42. The Morgan fingerprint density at radius 2 is 2.08 bits per heavy atom. The number of hydrogen-bond donors (Lipinski definition) is 1. The lowest BCUT2D eigenvalue weighted by Gasteiger charge is -2.28. The van der Waals surface area contributed by atoms with E-state index in [4.69, 9.17) is 4.52 Å². The van der Waals surface area contributed by atoms with Gasteiger partial charge in [-0.15, -0.1) is 0 Å². The molecule has 0 spiro atoms. The Balaban J connectivity index is 1.79. The SMILES string of the molecule is CC[C@@H](C)[C@@H](NC(=O)C1CCC1)c1nc(-c2ccc(Br)cc2)no1. The molecule has 1 N–H and O–H groups in total. The van der Waals surface area contributed by atoms with Crippen molar-refractivity contribution in [3.63, 3.8) is 0 Å². The highest BCUT2D eigenvalue weighted by Crippen LogP contribution is 2.30. The number of rotatable bonds is 6. The van der Waals surface area contributed by atoms with Gasteiger partial charge >= 0.3 is 0 Å². The normalized spacial score (nSPS) is 17.1. The average molecular weight is 392 g/mol. The molecule has 1 saturated carbocycles. The first-order valence-electron chi connectivity index (χ1n) is 8.48. The third-order valence-electron chi connectivity index (χ3n) is 4.80. The second-order valence-corrected chi connectivity index (χ2v) is 7.38. The number of aromatic nitrogens is 2. The summed E-state index contributed by atoms with van der Waals surface area (Å²) in [4.78, 5) is 16.9. The molecule has 1 aliphatic carbocycles. The molecule has 128 valence electrons. The number of halogens is 1. The minimum atomic E-state index is -0.236. The van der Waals surface area contributed by atoms with Gasteiger partial charge in [0, 0.05) is 16.0 Å².